The quantitative estimate of drug-likeness (QED) is 0.175. The molecule has 0 amide bonds. The first-order valence-electron chi connectivity index (χ1n) is 11.3. The fourth-order valence-electron chi connectivity index (χ4n) is 3.67. The second kappa shape index (κ2) is 11.2. The number of imidazole rings is 1. The number of nitrogens with zero attached hydrogens (tertiary/aromatic N) is 2. The standard InChI is InChI=1S/C26H20Cl3N5O3S/c27-17-11-24(34-38(35,36)19-8-9-20(28)21(29)12-19)26(31-14-17)37-18-5-3-4-16(10-18)13-30-15-25-32-22-6-1-2-7-23(22)33-25/h1-12,14,30,34H,13,15H2,(H,32,33). The summed E-state index contributed by atoms with van der Waals surface area (Å²) in [5.74, 6) is 1.34. The molecule has 0 saturated carbocycles. The van der Waals surface area contributed by atoms with Crippen molar-refractivity contribution in [2.24, 2.45) is 0 Å². The van der Waals surface area contributed by atoms with Gasteiger partial charge in [-0.2, -0.15) is 0 Å². The van der Waals surface area contributed by atoms with E-state index in [2.05, 4.69) is 25.0 Å². The van der Waals surface area contributed by atoms with Gasteiger partial charge in [0, 0.05) is 12.7 Å². The number of hydrogen-bond acceptors (Lipinski definition) is 6. The molecule has 5 rings (SSSR count). The molecular weight excluding hydrogens is 569 g/mol. The van der Waals surface area contributed by atoms with Crippen molar-refractivity contribution in [2.45, 2.75) is 18.0 Å². The Labute approximate surface area is 234 Å². The van der Waals surface area contributed by atoms with E-state index in [1.807, 2.05) is 42.5 Å². The van der Waals surface area contributed by atoms with E-state index in [-0.39, 0.29) is 31.5 Å². The summed E-state index contributed by atoms with van der Waals surface area (Å²) in [6.07, 6.45) is 1.37. The molecule has 5 aromatic rings. The first kappa shape index (κ1) is 26.3. The largest absolute Gasteiger partial charge is 0.437 e. The molecule has 194 valence electrons. The third kappa shape index (κ3) is 6.20. The molecule has 38 heavy (non-hydrogen) atoms. The normalized spacial score (nSPS) is 11.6. The van der Waals surface area contributed by atoms with Gasteiger partial charge < -0.3 is 15.0 Å². The second-order valence-electron chi connectivity index (χ2n) is 8.24. The average molecular weight is 589 g/mol. The predicted octanol–water partition coefficient (Wildman–Crippen LogP) is 6.80. The van der Waals surface area contributed by atoms with E-state index >= 15 is 0 Å². The molecule has 3 aromatic carbocycles. The molecule has 0 radical (unpaired) electrons. The SMILES string of the molecule is O=S(=O)(Nc1cc(Cl)cnc1Oc1cccc(CNCc2nc3ccccc3[nH]2)c1)c1ccc(Cl)c(Cl)c1. The van der Waals surface area contributed by atoms with Gasteiger partial charge in [-0.1, -0.05) is 59.1 Å². The van der Waals surface area contributed by atoms with Crippen LogP contribution in [0.4, 0.5) is 5.69 Å². The minimum Gasteiger partial charge on any atom is -0.437 e. The van der Waals surface area contributed by atoms with Crippen LogP contribution in [0.2, 0.25) is 15.1 Å². The summed E-state index contributed by atoms with van der Waals surface area (Å²) >= 11 is 18.0. The van der Waals surface area contributed by atoms with Crippen molar-refractivity contribution >= 4 is 61.5 Å². The fraction of sp³-hybridized carbons (Fsp3) is 0.0769. The van der Waals surface area contributed by atoms with Gasteiger partial charge in [0.2, 0.25) is 5.88 Å². The lowest BCUT2D eigenvalue weighted by Crippen LogP contribution is -2.14. The van der Waals surface area contributed by atoms with Crippen molar-refractivity contribution in [1.29, 1.82) is 0 Å². The third-order valence-electron chi connectivity index (χ3n) is 5.44. The average Bonchev–Trinajstić information content (AvgIpc) is 3.30. The van der Waals surface area contributed by atoms with E-state index in [4.69, 9.17) is 39.5 Å². The smallest absolute Gasteiger partial charge is 0.262 e. The van der Waals surface area contributed by atoms with Gasteiger partial charge in [-0.05, 0) is 54.1 Å². The zero-order chi connectivity index (χ0) is 26.7. The lowest BCUT2D eigenvalue weighted by Gasteiger charge is -2.14. The van der Waals surface area contributed by atoms with E-state index in [1.54, 1.807) is 6.07 Å². The first-order valence-corrected chi connectivity index (χ1v) is 13.9. The molecule has 8 nitrogen and oxygen atoms in total. The van der Waals surface area contributed by atoms with Crippen LogP contribution in [-0.2, 0) is 23.1 Å². The van der Waals surface area contributed by atoms with Crippen molar-refractivity contribution < 1.29 is 13.2 Å². The van der Waals surface area contributed by atoms with E-state index in [0.29, 0.717) is 18.8 Å². The molecule has 0 fully saturated rings. The van der Waals surface area contributed by atoms with Crippen molar-refractivity contribution in [3.8, 4) is 11.6 Å². The van der Waals surface area contributed by atoms with Crippen LogP contribution in [0.25, 0.3) is 11.0 Å². The number of sulfonamides is 1. The summed E-state index contributed by atoms with van der Waals surface area (Å²) in [5, 5.41) is 3.94. The van der Waals surface area contributed by atoms with E-state index < -0.39 is 10.0 Å². The van der Waals surface area contributed by atoms with Gasteiger partial charge in [-0.15, -0.1) is 0 Å². The second-order valence-corrected chi connectivity index (χ2v) is 11.2. The Kier molecular flexibility index (Phi) is 7.73. The number of aromatic nitrogens is 3. The van der Waals surface area contributed by atoms with Crippen molar-refractivity contribution in [1.82, 2.24) is 20.3 Å². The molecule has 0 bridgehead atoms. The number of nitrogens with one attached hydrogen (secondary N) is 3. The monoisotopic (exact) mass is 587 g/mol. The Hall–Kier alpha value is -3.34. The molecule has 2 heterocycles. The Morgan fingerprint density at radius 1 is 0.895 bits per heavy atom. The number of aromatic amines is 1. The maximum absolute atomic E-state index is 13.0. The Morgan fingerprint density at radius 3 is 2.55 bits per heavy atom. The highest BCUT2D eigenvalue weighted by atomic mass is 35.5. The highest BCUT2D eigenvalue weighted by Gasteiger charge is 2.19. The minimum absolute atomic E-state index is 0.0328. The zero-order valence-electron chi connectivity index (χ0n) is 19.6. The lowest BCUT2D eigenvalue weighted by atomic mass is 10.2. The maximum Gasteiger partial charge on any atom is 0.262 e. The number of benzene rings is 3. The highest BCUT2D eigenvalue weighted by Crippen LogP contribution is 2.32. The summed E-state index contributed by atoms with van der Waals surface area (Å²) in [7, 11) is -4.03. The zero-order valence-corrected chi connectivity index (χ0v) is 22.7. The summed E-state index contributed by atoms with van der Waals surface area (Å²) in [4.78, 5) is 12.0. The summed E-state index contributed by atoms with van der Waals surface area (Å²) in [6.45, 7) is 1.11. The van der Waals surface area contributed by atoms with Gasteiger partial charge in [-0.25, -0.2) is 18.4 Å². The molecule has 0 aliphatic rings. The van der Waals surface area contributed by atoms with Gasteiger partial charge in [-0.3, -0.25) is 4.72 Å². The van der Waals surface area contributed by atoms with E-state index in [9.17, 15) is 8.42 Å². The maximum atomic E-state index is 13.0. The Morgan fingerprint density at radius 2 is 1.74 bits per heavy atom. The van der Waals surface area contributed by atoms with Crippen molar-refractivity contribution in [3.05, 3.63) is 105 Å². The number of hydrogen-bond donors (Lipinski definition) is 3. The van der Waals surface area contributed by atoms with Crippen LogP contribution in [0.3, 0.4) is 0 Å². The molecule has 0 unspecified atom stereocenters. The van der Waals surface area contributed by atoms with Gasteiger partial charge in [0.25, 0.3) is 10.0 Å². The number of rotatable bonds is 9. The topological polar surface area (TPSA) is 109 Å². The van der Waals surface area contributed by atoms with Crippen LogP contribution in [0.5, 0.6) is 11.6 Å². The number of para-hydroxylation sites is 2. The van der Waals surface area contributed by atoms with Crippen LogP contribution >= 0.6 is 34.8 Å². The predicted molar refractivity (Wildman–Crippen MR) is 150 cm³/mol. The Balaban J connectivity index is 1.29. The van der Waals surface area contributed by atoms with Crippen molar-refractivity contribution in [2.75, 3.05) is 4.72 Å². The van der Waals surface area contributed by atoms with Gasteiger partial charge >= 0.3 is 0 Å². The van der Waals surface area contributed by atoms with Crippen molar-refractivity contribution in [3.63, 3.8) is 0 Å². The molecule has 0 atom stereocenters. The highest BCUT2D eigenvalue weighted by molar-refractivity contribution is 7.92. The molecule has 0 saturated heterocycles. The van der Waals surface area contributed by atoms with Crippen LogP contribution < -0.4 is 14.8 Å². The van der Waals surface area contributed by atoms with Crippen LogP contribution in [0.15, 0.2) is 83.9 Å². The van der Waals surface area contributed by atoms with Crippen LogP contribution in [-0.4, -0.2) is 23.4 Å². The molecule has 0 aliphatic carbocycles. The number of anilines is 1. The fourth-order valence-corrected chi connectivity index (χ4v) is 5.27. The molecule has 3 N–H and O–H groups in total. The van der Waals surface area contributed by atoms with Crippen LogP contribution in [0, 0.1) is 0 Å². The lowest BCUT2D eigenvalue weighted by molar-refractivity contribution is 0.464. The minimum atomic E-state index is -4.03. The number of halogens is 3. The van der Waals surface area contributed by atoms with Gasteiger partial charge in [0.05, 0.1) is 37.5 Å². The molecule has 0 aliphatic heterocycles. The molecule has 12 heteroatoms. The Bertz CT molecular complexity index is 1690. The number of pyridine rings is 1. The van der Waals surface area contributed by atoms with E-state index in [0.717, 1.165) is 22.4 Å². The van der Waals surface area contributed by atoms with Gasteiger partial charge in [0.15, 0.2) is 0 Å². The number of fused-ring (bicyclic) bond motifs is 1. The molecule has 2 aromatic heterocycles. The van der Waals surface area contributed by atoms with Gasteiger partial charge in [0.1, 0.15) is 17.3 Å². The summed E-state index contributed by atoms with van der Waals surface area (Å²) in [6, 6.07) is 20.6. The molecular formula is C26H20Cl3N5O3S. The third-order valence-corrected chi connectivity index (χ3v) is 7.75. The molecule has 0 spiro atoms. The number of H-pyrrole nitrogens is 1. The van der Waals surface area contributed by atoms with Crippen LogP contribution in [0.1, 0.15) is 11.4 Å². The summed E-state index contributed by atoms with van der Waals surface area (Å²) in [5.41, 5.74) is 2.92. The van der Waals surface area contributed by atoms with E-state index in [1.165, 1.54) is 30.5 Å². The number of ether oxygens (including phenoxy) is 1. The first-order chi connectivity index (χ1) is 18.3. The summed E-state index contributed by atoms with van der Waals surface area (Å²) < 4.78 is 34.4.